The van der Waals surface area contributed by atoms with Crippen LogP contribution < -0.4 is 4.74 Å². The molecule has 162 valence electrons. The molecule has 0 N–H and O–H groups in total. The van der Waals surface area contributed by atoms with Crippen molar-refractivity contribution >= 4 is 22.8 Å². The number of nitrogens with zero attached hydrogens (tertiary/aromatic N) is 1. The Morgan fingerprint density at radius 1 is 1.03 bits per heavy atom. The average Bonchev–Trinajstić information content (AvgIpc) is 2.77. The molecule has 0 bridgehead atoms. The normalized spacial score (nSPS) is 11.3. The third-order valence-electron chi connectivity index (χ3n) is 4.98. The summed E-state index contributed by atoms with van der Waals surface area (Å²) >= 11 is 0. The monoisotopic (exact) mass is 421 g/mol. The lowest BCUT2D eigenvalue weighted by Crippen LogP contribution is -2.39. The molecule has 3 rings (SSSR count). The van der Waals surface area contributed by atoms with Gasteiger partial charge in [-0.05, 0) is 63.1 Å². The number of pyridine rings is 1. The van der Waals surface area contributed by atoms with Crippen LogP contribution in [0.25, 0.3) is 22.2 Å². The van der Waals surface area contributed by atoms with Crippen molar-refractivity contribution < 1.29 is 23.8 Å². The number of fused-ring (bicyclic) bond motifs is 1. The standard InChI is InChI=1S/C25H27NO5/c1-6-16-9-8-10-18-15-20(23(27)29-5)22(26-21(16)18)17-11-13-19(14-12-17)31-25(3,4)24(28)30-7-2/h8-15H,6-7H2,1-5H3. The van der Waals surface area contributed by atoms with Crippen molar-refractivity contribution in [2.75, 3.05) is 13.7 Å². The van der Waals surface area contributed by atoms with E-state index >= 15 is 0 Å². The van der Waals surface area contributed by atoms with Gasteiger partial charge in [0.1, 0.15) is 5.75 Å². The molecular weight excluding hydrogens is 394 g/mol. The molecule has 0 radical (unpaired) electrons. The zero-order valence-electron chi connectivity index (χ0n) is 18.5. The number of aromatic nitrogens is 1. The minimum Gasteiger partial charge on any atom is -0.476 e. The molecule has 0 unspecified atom stereocenters. The average molecular weight is 421 g/mol. The Bertz CT molecular complexity index is 1100. The molecule has 0 aliphatic carbocycles. The molecule has 6 heteroatoms. The smallest absolute Gasteiger partial charge is 0.349 e. The molecule has 0 aliphatic rings. The second kappa shape index (κ2) is 9.16. The van der Waals surface area contributed by atoms with E-state index in [0.717, 1.165) is 28.5 Å². The first-order valence-corrected chi connectivity index (χ1v) is 10.3. The Hall–Kier alpha value is -3.41. The van der Waals surface area contributed by atoms with Gasteiger partial charge in [0.2, 0.25) is 0 Å². The fraction of sp³-hybridized carbons (Fsp3) is 0.320. The third kappa shape index (κ3) is 4.68. The Morgan fingerprint density at radius 2 is 1.74 bits per heavy atom. The topological polar surface area (TPSA) is 74.7 Å². The van der Waals surface area contributed by atoms with Gasteiger partial charge in [-0.1, -0.05) is 25.1 Å². The van der Waals surface area contributed by atoms with Gasteiger partial charge in [0.05, 0.1) is 30.5 Å². The zero-order chi connectivity index (χ0) is 22.6. The number of esters is 2. The number of carbonyl (C=O) groups excluding carboxylic acids is 2. The maximum Gasteiger partial charge on any atom is 0.349 e. The molecule has 0 fully saturated rings. The van der Waals surface area contributed by atoms with Gasteiger partial charge in [-0.3, -0.25) is 0 Å². The van der Waals surface area contributed by atoms with E-state index in [0.29, 0.717) is 17.0 Å². The fourth-order valence-corrected chi connectivity index (χ4v) is 3.35. The molecule has 6 nitrogen and oxygen atoms in total. The van der Waals surface area contributed by atoms with Crippen molar-refractivity contribution in [3.8, 4) is 17.0 Å². The second-order valence-corrected chi connectivity index (χ2v) is 7.58. The van der Waals surface area contributed by atoms with Crippen molar-refractivity contribution in [3.63, 3.8) is 0 Å². The van der Waals surface area contributed by atoms with Crippen LogP contribution in [0.4, 0.5) is 0 Å². The molecule has 0 saturated carbocycles. The van der Waals surface area contributed by atoms with Gasteiger partial charge in [0.25, 0.3) is 0 Å². The minimum atomic E-state index is -1.12. The first-order valence-electron chi connectivity index (χ1n) is 10.3. The van der Waals surface area contributed by atoms with E-state index in [4.69, 9.17) is 19.2 Å². The first kappa shape index (κ1) is 22.3. The molecule has 0 amide bonds. The van der Waals surface area contributed by atoms with E-state index in [1.54, 1.807) is 32.9 Å². The number of rotatable bonds is 7. The molecule has 0 saturated heterocycles. The van der Waals surface area contributed by atoms with Crippen LogP contribution in [0.2, 0.25) is 0 Å². The van der Waals surface area contributed by atoms with Crippen molar-refractivity contribution in [2.24, 2.45) is 0 Å². The van der Waals surface area contributed by atoms with Crippen molar-refractivity contribution in [2.45, 2.75) is 39.7 Å². The predicted octanol–water partition coefficient (Wildman–Crippen LogP) is 4.97. The maximum absolute atomic E-state index is 12.5. The molecule has 0 atom stereocenters. The summed E-state index contributed by atoms with van der Waals surface area (Å²) in [7, 11) is 1.35. The van der Waals surface area contributed by atoms with Gasteiger partial charge in [-0.2, -0.15) is 0 Å². The van der Waals surface area contributed by atoms with E-state index in [2.05, 4.69) is 6.92 Å². The van der Waals surface area contributed by atoms with Crippen LogP contribution in [0.3, 0.4) is 0 Å². The number of carbonyl (C=O) groups is 2. The number of methoxy groups -OCH3 is 1. The number of ether oxygens (including phenoxy) is 3. The van der Waals surface area contributed by atoms with Crippen LogP contribution in [-0.4, -0.2) is 36.2 Å². The molecule has 1 aromatic heterocycles. The highest BCUT2D eigenvalue weighted by Gasteiger charge is 2.31. The molecule has 2 aromatic carbocycles. The molecule has 0 aliphatic heterocycles. The predicted molar refractivity (Wildman–Crippen MR) is 119 cm³/mol. The summed E-state index contributed by atoms with van der Waals surface area (Å²) in [6, 6.07) is 14.9. The molecule has 31 heavy (non-hydrogen) atoms. The highest BCUT2D eigenvalue weighted by molar-refractivity contribution is 6.00. The number of hydrogen-bond acceptors (Lipinski definition) is 6. The lowest BCUT2D eigenvalue weighted by Gasteiger charge is -2.24. The number of para-hydroxylation sites is 1. The van der Waals surface area contributed by atoms with Gasteiger partial charge in [0.15, 0.2) is 5.60 Å². The van der Waals surface area contributed by atoms with Gasteiger partial charge in [-0.15, -0.1) is 0 Å². The minimum absolute atomic E-state index is 0.286. The Kier molecular flexibility index (Phi) is 6.59. The van der Waals surface area contributed by atoms with Crippen LogP contribution in [0.5, 0.6) is 5.75 Å². The largest absolute Gasteiger partial charge is 0.476 e. The fourth-order valence-electron chi connectivity index (χ4n) is 3.35. The lowest BCUT2D eigenvalue weighted by atomic mass is 10.0. The van der Waals surface area contributed by atoms with Crippen LogP contribution in [0.1, 0.15) is 43.6 Å². The number of hydrogen-bond donors (Lipinski definition) is 0. The van der Waals surface area contributed by atoms with E-state index in [9.17, 15) is 9.59 Å². The highest BCUT2D eigenvalue weighted by Crippen LogP contribution is 2.30. The van der Waals surface area contributed by atoms with E-state index in [1.807, 2.05) is 36.4 Å². The Labute approximate surface area is 182 Å². The molecular formula is C25H27NO5. The third-order valence-corrected chi connectivity index (χ3v) is 4.98. The molecule has 3 aromatic rings. The van der Waals surface area contributed by atoms with Crippen LogP contribution >= 0.6 is 0 Å². The lowest BCUT2D eigenvalue weighted by molar-refractivity contribution is -0.158. The van der Waals surface area contributed by atoms with Gasteiger partial charge in [0, 0.05) is 10.9 Å². The summed E-state index contributed by atoms with van der Waals surface area (Å²) in [4.78, 5) is 29.4. The van der Waals surface area contributed by atoms with E-state index < -0.39 is 17.5 Å². The number of benzene rings is 2. The maximum atomic E-state index is 12.5. The summed E-state index contributed by atoms with van der Waals surface area (Å²) in [6.07, 6.45) is 0.830. The summed E-state index contributed by atoms with van der Waals surface area (Å²) in [5.74, 6) is -0.373. The van der Waals surface area contributed by atoms with E-state index in [1.165, 1.54) is 7.11 Å². The summed E-state index contributed by atoms with van der Waals surface area (Å²) in [5.41, 5.74) is 2.52. The van der Waals surface area contributed by atoms with Gasteiger partial charge >= 0.3 is 11.9 Å². The second-order valence-electron chi connectivity index (χ2n) is 7.58. The Balaban J connectivity index is 2.02. The van der Waals surface area contributed by atoms with Gasteiger partial charge < -0.3 is 14.2 Å². The van der Waals surface area contributed by atoms with Crippen molar-refractivity contribution in [1.29, 1.82) is 0 Å². The van der Waals surface area contributed by atoms with Crippen LogP contribution in [0.15, 0.2) is 48.5 Å². The molecule has 1 heterocycles. The van der Waals surface area contributed by atoms with Gasteiger partial charge in [-0.25, -0.2) is 14.6 Å². The summed E-state index contributed by atoms with van der Waals surface area (Å²) in [6.45, 7) is 7.43. The SMILES string of the molecule is CCOC(=O)C(C)(C)Oc1ccc(-c2nc3c(CC)cccc3cc2C(=O)OC)cc1. The van der Waals surface area contributed by atoms with Crippen LogP contribution in [0, 0.1) is 0 Å². The highest BCUT2D eigenvalue weighted by atomic mass is 16.6. The first-order chi connectivity index (χ1) is 14.8. The molecule has 0 spiro atoms. The zero-order valence-corrected chi connectivity index (χ0v) is 18.5. The quantitative estimate of drug-likeness (QED) is 0.502. The van der Waals surface area contributed by atoms with Crippen molar-refractivity contribution in [1.82, 2.24) is 4.98 Å². The summed E-state index contributed by atoms with van der Waals surface area (Å²) in [5, 5.41) is 0.889. The van der Waals surface area contributed by atoms with Crippen molar-refractivity contribution in [3.05, 3.63) is 59.7 Å². The Morgan fingerprint density at radius 3 is 2.35 bits per heavy atom. The van der Waals surface area contributed by atoms with Crippen LogP contribution in [-0.2, 0) is 20.7 Å². The van der Waals surface area contributed by atoms with E-state index in [-0.39, 0.29) is 6.61 Å². The number of aryl methyl sites for hydroxylation is 1. The summed E-state index contributed by atoms with van der Waals surface area (Å²) < 4.78 is 15.9.